The third-order valence-electron chi connectivity index (χ3n) is 7.31. The maximum Gasteiger partial charge on any atom is 0.338 e. The van der Waals surface area contributed by atoms with Gasteiger partial charge in [-0.15, -0.1) is 11.1 Å². The molecule has 4 aliphatic rings. The fourth-order valence-electron chi connectivity index (χ4n) is 5.26. The number of nitrogens with zero attached hydrogens (tertiary/aromatic N) is 3. The first-order valence-electron chi connectivity index (χ1n) is 11.7. The van der Waals surface area contributed by atoms with Crippen molar-refractivity contribution in [2.45, 2.75) is 31.3 Å². The van der Waals surface area contributed by atoms with Gasteiger partial charge in [-0.2, -0.15) is 0 Å². The lowest BCUT2D eigenvalue weighted by Gasteiger charge is -2.39. The summed E-state index contributed by atoms with van der Waals surface area (Å²) in [5.74, 6) is -0.954. The van der Waals surface area contributed by atoms with Gasteiger partial charge in [0.25, 0.3) is 0 Å². The monoisotopic (exact) mass is 520 g/mol. The van der Waals surface area contributed by atoms with Crippen molar-refractivity contribution in [3.63, 3.8) is 0 Å². The highest BCUT2D eigenvalue weighted by Crippen LogP contribution is 2.55. The van der Waals surface area contributed by atoms with E-state index in [0.29, 0.717) is 17.7 Å². The average molecular weight is 521 g/mol. The molecule has 0 bridgehead atoms. The molecule has 2 N–H and O–H groups in total. The lowest BCUT2D eigenvalue weighted by atomic mass is 9.95. The van der Waals surface area contributed by atoms with E-state index >= 15 is 0 Å². The van der Waals surface area contributed by atoms with Crippen LogP contribution < -0.4 is 4.72 Å². The molecule has 1 saturated heterocycles. The van der Waals surface area contributed by atoms with Crippen LogP contribution in [0.4, 0.5) is 4.39 Å². The van der Waals surface area contributed by atoms with Crippen LogP contribution in [-0.4, -0.2) is 65.9 Å². The molecule has 7 nitrogen and oxygen atoms in total. The molecule has 0 amide bonds. The van der Waals surface area contributed by atoms with Gasteiger partial charge in [-0.05, 0) is 48.3 Å². The molecule has 3 aliphatic heterocycles. The fourth-order valence-corrected chi connectivity index (χ4v) is 7.07. The molecule has 10 heteroatoms. The molecule has 188 valence electrons. The third-order valence-corrected chi connectivity index (χ3v) is 9.38. The first-order chi connectivity index (χ1) is 16.9. The number of thiol groups is 1. The number of carbonyl (C=O) groups excluding carboxylic acids is 1. The minimum absolute atomic E-state index is 0.0359. The van der Waals surface area contributed by atoms with Crippen molar-refractivity contribution in [1.82, 2.24) is 14.5 Å². The lowest BCUT2D eigenvalue weighted by molar-refractivity contribution is -0.136. The third kappa shape index (κ3) is 4.62. The molecule has 1 aliphatic carbocycles. The molecule has 3 atom stereocenters. The summed E-state index contributed by atoms with van der Waals surface area (Å²) in [6.45, 7) is 1.42. The first-order valence-corrected chi connectivity index (χ1v) is 13.5. The van der Waals surface area contributed by atoms with Crippen LogP contribution in [0.15, 0.2) is 58.2 Å². The molecule has 1 aromatic rings. The van der Waals surface area contributed by atoms with Gasteiger partial charge in [-0.25, -0.2) is 14.2 Å². The van der Waals surface area contributed by atoms with Crippen molar-refractivity contribution < 1.29 is 19.0 Å². The van der Waals surface area contributed by atoms with E-state index in [2.05, 4.69) is 15.0 Å². The SMILES string of the molecule is COC(=O)C1=C(CN2CC3(CC3)C[C@H]2CO)N(C)C([SH]2C=CC=CN2)=N[C@H]1c1ccc(F)cc1Cl. The number of benzene rings is 1. The Morgan fingerprint density at radius 3 is 2.83 bits per heavy atom. The van der Waals surface area contributed by atoms with Crippen molar-refractivity contribution >= 4 is 33.8 Å². The zero-order valence-electron chi connectivity index (χ0n) is 19.7. The van der Waals surface area contributed by atoms with Crippen LogP contribution in [0.1, 0.15) is 30.9 Å². The van der Waals surface area contributed by atoms with Crippen LogP contribution in [0.5, 0.6) is 0 Å². The van der Waals surface area contributed by atoms with E-state index in [1.165, 1.54) is 32.1 Å². The molecule has 0 aromatic heterocycles. The predicted octanol–water partition coefficient (Wildman–Crippen LogP) is 3.64. The van der Waals surface area contributed by atoms with Gasteiger partial charge in [0.1, 0.15) is 11.9 Å². The van der Waals surface area contributed by atoms with Gasteiger partial charge in [-0.3, -0.25) is 4.90 Å². The molecule has 5 rings (SSSR count). The molecular formula is C25H30ClFN4O3S. The van der Waals surface area contributed by atoms with Crippen LogP contribution in [0.2, 0.25) is 5.02 Å². The molecule has 1 aromatic carbocycles. The number of likely N-dealkylation sites (N-methyl/N-ethyl adjacent to an activating group) is 1. The van der Waals surface area contributed by atoms with E-state index in [-0.39, 0.29) is 23.1 Å². The number of allylic oxidation sites excluding steroid dienone is 2. The molecular weight excluding hydrogens is 491 g/mol. The minimum Gasteiger partial charge on any atom is -0.466 e. The number of hydrogen-bond donors (Lipinski definition) is 3. The van der Waals surface area contributed by atoms with E-state index in [9.17, 15) is 14.3 Å². The second-order valence-corrected chi connectivity index (χ2v) is 11.7. The molecule has 0 radical (unpaired) electrons. The van der Waals surface area contributed by atoms with Crippen LogP contribution in [-0.2, 0) is 9.53 Å². The Hall–Kier alpha value is -2.33. The van der Waals surface area contributed by atoms with Gasteiger partial charge in [0, 0.05) is 48.7 Å². The summed E-state index contributed by atoms with van der Waals surface area (Å²) in [5, 5.41) is 13.1. The number of nitrogens with one attached hydrogen (secondary N) is 1. The van der Waals surface area contributed by atoms with E-state index in [1.807, 2.05) is 30.3 Å². The minimum atomic E-state index is -0.983. The number of carbonyl (C=O) groups is 1. The van der Waals surface area contributed by atoms with Crippen molar-refractivity contribution in [1.29, 1.82) is 0 Å². The van der Waals surface area contributed by atoms with Gasteiger partial charge in [0.15, 0.2) is 5.17 Å². The molecule has 3 heterocycles. The highest BCUT2D eigenvalue weighted by Gasteiger charge is 2.52. The van der Waals surface area contributed by atoms with Crippen LogP contribution >= 0.6 is 22.7 Å². The molecule has 1 saturated carbocycles. The number of esters is 1. The molecule has 35 heavy (non-hydrogen) atoms. The fraction of sp³-hybridized carbons (Fsp3) is 0.440. The van der Waals surface area contributed by atoms with Crippen LogP contribution in [0.25, 0.3) is 0 Å². The molecule has 1 unspecified atom stereocenters. The Morgan fingerprint density at radius 1 is 1.40 bits per heavy atom. The maximum absolute atomic E-state index is 13.9. The van der Waals surface area contributed by atoms with Crippen molar-refractivity contribution in [3.8, 4) is 0 Å². The van der Waals surface area contributed by atoms with Crippen molar-refractivity contribution in [2.24, 2.45) is 10.4 Å². The predicted molar refractivity (Wildman–Crippen MR) is 138 cm³/mol. The quantitative estimate of drug-likeness (QED) is 0.406. The number of amidine groups is 1. The number of hydrogen-bond acceptors (Lipinski definition) is 7. The standard InChI is InChI=1S/C25H30ClFN4O3S/c1-30-20(13-31-15-25(7-8-25)12-17(31)14-32)21(23(33)34-2)22(18-6-5-16(27)11-19(18)26)29-24(30)35-10-4-3-9-28-35/h3-6,9-11,17,22,28,32,35H,7-8,12-15H2,1-2H3/t17-,22-/m0/s1. The molecule has 1 spiro atoms. The Balaban J connectivity index is 1.61. The van der Waals surface area contributed by atoms with Crippen LogP contribution in [0, 0.1) is 11.2 Å². The van der Waals surface area contributed by atoms with E-state index < -0.39 is 28.9 Å². The Bertz CT molecular complexity index is 1150. The van der Waals surface area contributed by atoms with Gasteiger partial charge in [-0.1, -0.05) is 23.7 Å². The largest absolute Gasteiger partial charge is 0.466 e. The van der Waals surface area contributed by atoms with E-state index in [1.54, 1.807) is 6.07 Å². The number of aliphatic imine (C=N–C) groups is 1. The van der Waals surface area contributed by atoms with Crippen molar-refractivity contribution in [2.75, 3.05) is 33.9 Å². The zero-order chi connectivity index (χ0) is 24.7. The number of rotatable bonds is 5. The van der Waals surface area contributed by atoms with E-state index in [4.69, 9.17) is 21.3 Å². The topological polar surface area (TPSA) is 77.4 Å². The highest BCUT2D eigenvalue weighted by molar-refractivity contribution is 8.30. The number of aliphatic hydroxyl groups is 1. The zero-order valence-corrected chi connectivity index (χ0v) is 21.4. The summed E-state index contributed by atoms with van der Waals surface area (Å²) in [5.41, 5.74) is 1.97. The summed E-state index contributed by atoms with van der Waals surface area (Å²) >= 11 is 5.50. The van der Waals surface area contributed by atoms with Gasteiger partial charge < -0.3 is 19.5 Å². The smallest absolute Gasteiger partial charge is 0.338 e. The summed E-state index contributed by atoms with van der Waals surface area (Å²) in [7, 11) is 3.26. The van der Waals surface area contributed by atoms with Gasteiger partial charge >= 0.3 is 5.97 Å². The van der Waals surface area contributed by atoms with Crippen molar-refractivity contribution in [3.05, 3.63) is 69.6 Å². The lowest BCUT2D eigenvalue weighted by Crippen LogP contribution is -2.43. The summed E-state index contributed by atoms with van der Waals surface area (Å²) < 4.78 is 22.5. The molecule has 2 fully saturated rings. The van der Waals surface area contributed by atoms with E-state index in [0.717, 1.165) is 23.8 Å². The van der Waals surface area contributed by atoms with Gasteiger partial charge in [0.05, 0.1) is 19.3 Å². The Labute approximate surface area is 212 Å². The summed E-state index contributed by atoms with van der Waals surface area (Å²) in [6.07, 6.45) is 9.07. The number of ether oxygens (including phenoxy) is 1. The normalized spacial score (nSPS) is 28.3. The Morgan fingerprint density at radius 2 is 2.20 bits per heavy atom. The number of halogens is 2. The Kier molecular flexibility index (Phi) is 6.69. The number of likely N-dealkylation sites (tertiary alicyclic amines) is 1. The second kappa shape index (κ2) is 9.61. The number of methoxy groups -OCH3 is 1. The average Bonchev–Trinajstić information content (AvgIpc) is 3.52. The number of aliphatic hydroxyl groups excluding tert-OH is 1. The highest BCUT2D eigenvalue weighted by atomic mass is 35.5. The maximum atomic E-state index is 13.9. The summed E-state index contributed by atoms with van der Waals surface area (Å²) in [4.78, 5) is 22.5. The van der Waals surface area contributed by atoms with Gasteiger partial charge in [0.2, 0.25) is 0 Å². The first kappa shape index (κ1) is 24.4. The van der Waals surface area contributed by atoms with Crippen LogP contribution in [0.3, 0.4) is 0 Å². The summed E-state index contributed by atoms with van der Waals surface area (Å²) in [6, 6.07) is 3.44. The second-order valence-electron chi connectivity index (χ2n) is 9.55.